The molecule has 0 radical (unpaired) electrons. The fourth-order valence-electron chi connectivity index (χ4n) is 1.40. The normalized spacial score (nSPS) is 12.2. The van der Waals surface area contributed by atoms with Crippen LogP contribution in [0.15, 0.2) is 23.1 Å². The van der Waals surface area contributed by atoms with E-state index in [1.165, 1.54) is 18.9 Å². The molecule has 0 aliphatic rings. The van der Waals surface area contributed by atoms with Crippen LogP contribution >= 0.6 is 11.8 Å². The van der Waals surface area contributed by atoms with Crippen LogP contribution in [0.3, 0.4) is 0 Å². The molecule has 0 amide bonds. The molecule has 1 N–H and O–H groups in total. The molecule has 1 atom stereocenters. The highest BCUT2D eigenvalue weighted by Crippen LogP contribution is 2.23. The van der Waals surface area contributed by atoms with Crippen molar-refractivity contribution in [2.75, 3.05) is 19.9 Å². The van der Waals surface area contributed by atoms with E-state index < -0.39 is 17.7 Å². The van der Waals surface area contributed by atoms with Crippen molar-refractivity contribution in [3.63, 3.8) is 0 Å². The lowest BCUT2D eigenvalue weighted by Gasteiger charge is -2.13. The molecule has 100 valence electrons. The van der Waals surface area contributed by atoms with Crippen molar-refractivity contribution in [3.8, 4) is 0 Å². The van der Waals surface area contributed by atoms with Gasteiger partial charge in [-0.1, -0.05) is 0 Å². The Morgan fingerprint density at radius 1 is 1.50 bits per heavy atom. The second-order valence-corrected chi connectivity index (χ2v) is 4.71. The first-order valence-corrected chi connectivity index (χ1v) is 6.40. The first kappa shape index (κ1) is 14.9. The summed E-state index contributed by atoms with van der Waals surface area (Å²) >= 11 is 1.17. The first-order valence-electron chi connectivity index (χ1n) is 5.41. The number of carbonyl (C=O) groups excluding carboxylic acids is 1. The molecule has 0 aliphatic heterocycles. The SMILES string of the molecule is CNC(CCSc1cc(F)ccc1F)C(=O)OC. The topological polar surface area (TPSA) is 38.3 Å². The summed E-state index contributed by atoms with van der Waals surface area (Å²) in [5, 5.41) is 2.81. The summed E-state index contributed by atoms with van der Waals surface area (Å²) in [7, 11) is 2.96. The van der Waals surface area contributed by atoms with Crippen molar-refractivity contribution in [1.82, 2.24) is 5.32 Å². The van der Waals surface area contributed by atoms with Gasteiger partial charge in [-0.05, 0) is 31.7 Å². The van der Waals surface area contributed by atoms with Crippen LogP contribution in [0.4, 0.5) is 8.78 Å². The van der Waals surface area contributed by atoms with Crippen molar-refractivity contribution in [2.24, 2.45) is 0 Å². The molecule has 1 aromatic carbocycles. The monoisotopic (exact) mass is 275 g/mol. The third kappa shape index (κ3) is 4.27. The Bertz CT molecular complexity index is 415. The lowest BCUT2D eigenvalue weighted by Crippen LogP contribution is -2.35. The third-order valence-corrected chi connectivity index (χ3v) is 3.46. The Labute approximate surface area is 109 Å². The Balaban J connectivity index is 2.50. The van der Waals surface area contributed by atoms with E-state index in [9.17, 15) is 13.6 Å². The minimum Gasteiger partial charge on any atom is -0.468 e. The van der Waals surface area contributed by atoms with Gasteiger partial charge >= 0.3 is 5.97 Å². The number of ether oxygens (including phenoxy) is 1. The van der Waals surface area contributed by atoms with Gasteiger partial charge in [-0.25, -0.2) is 8.78 Å². The zero-order chi connectivity index (χ0) is 13.5. The molecule has 6 heteroatoms. The standard InChI is InChI=1S/C12H15F2NO2S/c1-15-10(12(16)17-2)5-6-18-11-7-8(13)3-4-9(11)14/h3-4,7,10,15H,5-6H2,1-2H3. The van der Waals surface area contributed by atoms with Crippen LogP contribution in [0.1, 0.15) is 6.42 Å². The van der Waals surface area contributed by atoms with E-state index in [1.54, 1.807) is 7.05 Å². The van der Waals surface area contributed by atoms with Crippen molar-refractivity contribution >= 4 is 17.7 Å². The number of benzene rings is 1. The highest BCUT2D eigenvalue weighted by Gasteiger charge is 2.16. The van der Waals surface area contributed by atoms with Gasteiger partial charge in [-0.2, -0.15) is 0 Å². The maximum absolute atomic E-state index is 13.3. The smallest absolute Gasteiger partial charge is 0.322 e. The average Bonchev–Trinajstić information content (AvgIpc) is 2.37. The van der Waals surface area contributed by atoms with E-state index >= 15 is 0 Å². The maximum atomic E-state index is 13.3. The van der Waals surface area contributed by atoms with Crippen LogP contribution in [0.25, 0.3) is 0 Å². The molecule has 0 bridgehead atoms. The number of hydrogen-bond donors (Lipinski definition) is 1. The van der Waals surface area contributed by atoms with Crippen molar-refractivity contribution in [2.45, 2.75) is 17.4 Å². The van der Waals surface area contributed by atoms with Crippen molar-refractivity contribution in [1.29, 1.82) is 0 Å². The van der Waals surface area contributed by atoms with Crippen LogP contribution in [-0.4, -0.2) is 31.9 Å². The summed E-state index contributed by atoms with van der Waals surface area (Å²) in [5.74, 6) is -0.809. The second-order valence-electron chi connectivity index (χ2n) is 3.58. The van der Waals surface area contributed by atoms with E-state index in [-0.39, 0.29) is 10.9 Å². The van der Waals surface area contributed by atoms with Crippen molar-refractivity contribution < 1.29 is 18.3 Å². The zero-order valence-electron chi connectivity index (χ0n) is 10.2. The number of esters is 1. The minimum atomic E-state index is -0.475. The molecular formula is C12H15F2NO2S. The maximum Gasteiger partial charge on any atom is 0.322 e. The molecule has 18 heavy (non-hydrogen) atoms. The Hall–Kier alpha value is -1.14. The van der Waals surface area contributed by atoms with E-state index in [1.807, 2.05) is 0 Å². The number of carbonyl (C=O) groups is 1. The third-order valence-electron chi connectivity index (χ3n) is 2.39. The number of halogens is 2. The number of nitrogens with one attached hydrogen (secondary N) is 1. The van der Waals surface area contributed by atoms with Gasteiger partial charge in [0.2, 0.25) is 0 Å². The molecular weight excluding hydrogens is 260 g/mol. The minimum absolute atomic E-state index is 0.245. The molecule has 0 spiro atoms. The van der Waals surface area contributed by atoms with Gasteiger partial charge in [0, 0.05) is 10.6 Å². The summed E-state index contributed by atoms with van der Waals surface area (Å²) in [6, 6.07) is 2.88. The molecule has 0 aliphatic carbocycles. The van der Waals surface area contributed by atoms with E-state index in [2.05, 4.69) is 10.1 Å². The molecule has 0 heterocycles. The van der Waals surface area contributed by atoms with Gasteiger partial charge in [0.1, 0.15) is 17.7 Å². The lowest BCUT2D eigenvalue weighted by atomic mass is 10.2. The number of rotatable bonds is 6. The van der Waals surface area contributed by atoms with Gasteiger partial charge < -0.3 is 10.1 Å². The van der Waals surface area contributed by atoms with Crippen molar-refractivity contribution in [3.05, 3.63) is 29.8 Å². The van der Waals surface area contributed by atoms with Crippen LogP contribution in [0, 0.1) is 11.6 Å². The second kappa shape index (κ2) is 7.33. The molecule has 1 unspecified atom stereocenters. The predicted molar refractivity (Wildman–Crippen MR) is 66.6 cm³/mol. The number of likely N-dealkylation sites (N-methyl/N-ethyl adjacent to an activating group) is 1. The molecule has 0 saturated heterocycles. The van der Waals surface area contributed by atoms with Crippen LogP contribution in [0.5, 0.6) is 0 Å². The quantitative estimate of drug-likeness (QED) is 0.638. The lowest BCUT2D eigenvalue weighted by molar-refractivity contribution is -0.143. The average molecular weight is 275 g/mol. The Kier molecular flexibility index (Phi) is 6.07. The largest absolute Gasteiger partial charge is 0.468 e. The molecule has 0 saturated carbocycles. The molecule has 0 fully saturated rings. The van der Waals surface area contributed by atoms with Gasteiger partial charge in [-0.15, -0.1) is 11.8 Å². The van der Waals surface area contributed by atoms with Crippen LogP contribution < -0.4 is 5.32 Å². The molecule has 1 aromatic rings. The van der Waals surface area contributed by atoms with Crippen LogP contribution in [0.2, 0.25) is 0 Å². The Morgan fingerprint density at radius 3 is 2.83 bits per heavy atom. The predicted octanol–water partition coefficient (Wildman–Crippen LogP) is 2.21. The molecule has 3 nitrogen and oxygen atoms in total. The highest BCUT2D eigenvalue weighted by atomic mass is 32.2. The highest BCUT2D eigenvalue weighted by molar-refractivity contribution is 7.99. The van der Waals surface area contributed by atoms with Gasteiger partial charge in [0.05, 0.1) is 7.11 Å². The zero-order valence-corrected chi connectivity index (χ0v) is 11.0. The van der Waals surface area contributed by atoms with E-state index in [4.69, 9.17) is 0 Å². The summed E-state index contributed by atoms with van der Waals surface area (Å²) in [5.41, 5.74) is 0. The number of thioether (sulfide) groups is 1. The molecule has 1 rings (SSSR count). The molecule has 0 aromatic heterocycles. The van der Waals surface area contributed by atoms with E-state index in [0.717, 1.165) is 18.2 Å². The summed E-state index contributed by atoms with van der Waals surface area (Å²) in [6.45, 7) is 0. The summed E-state index contributed by atoms with van der Waals surface area (Å²) < 4.78 is 30.8. The van der Waals surface area contributed by atoms with E-state index in [0.29, 0.717) is 12.2 Å². The first-order chi connectivity index (χ1) is 8.58. The van der Waals surface area contributed by atoms with Crippen LogP contribution in [-0.2, 0) is 9.53 Å². The van der Waals surface area contributed by atoms with Gasteiger partial charge in [0.15, 0.2) is 0 Å². The van der Waals surface area contributed by atoms with Gasteiger partial charge in [0.25, 0.3) is 0 Å². The Morgan fingerprint density at radius 2 is 2.22 bits per heavy atom. The number of methoxy groups -OCH3 is 1. The number of hydrogen-bond acceptors (Lipinski definition) is 4. The fraction of sp³-hybridized carbons (Fsp3) is 0.417. The fourth-order valence-corrected chi connectivity index (χ4v) is 2.37. The van der Waals surface area contributed by atoms with Gasteiger partial charge in [-0.3, -0.25) is 4.79 Å². The summed E-state index contributed by atoms with van der Waals surface area (Å²) in [4.78, 5) is 11.5. The summed E-state index contributed by atoms with van der Waals surface area (Å²) in [6.07, 6.45) is 0.476.